The zero-order chi connectivity index (χ0) is 30.1. The van der Waals surface area contributed by atoms with E-state index in [9.17, 15) is 36.2 Å². The molecule has 3 heterocycles. The lowest BCUT2D eigenvalue weighted by molar-refractivity contribution is -0.143. The molecule has 2 aromatic heterocycles. The van der Waals surface area contributed by atoms with Gasteiger partial charge in [0.25, 0.3) is 5.95 Å². The van der Waals surface area contributed by atoms with E-state index in [1.807, 2.05) is 6.92 Å². The third kappa shape index (κ3) is 6.36. The van der Waals surface area contributed by atoms with Gasteiger partial charge in [-0.2, -0.15) is 31.1 Å². The van der Waals surface area contributed by atoms with Crippen LogP contribution < -0.4 is 9.80 Å². The number of ether oxygens (including phenoxy) is 1. The second kappa shape index (κ2) is 11.5. The Bertz CT molecular complexity index is 1360. The highest BCUT2D eigenvalue weighted by Gasteiger charge is 2.42. The maximum Gasteiger partial charge on any atom is 0.416 e. The van der Waals surface area contributed by atoms with Crippen LogP contribution in [0.1, 0.15) is 53.9 Å². The maximum atomic E-state index is 13.6. The van der Waals surface area contributed by atoms with Crippen LogP contribution in [0.4, 0.5) is 42.8 Å². The number of hydrogen-bond acceptors (Lipinski definition) is 8. The van der Waals surface area contributed by atoms with Crippen molar-refractivity contribution in [2.24, 2.45) is 0 Å². The van der Waals surface area contributed by atoms with Crippen LogP contribution in [0.15, 0.2) is 30.3 Å². The number of pyridine rings is 1. The van der Waals surface area contributed by atoms with Gasteiger partial charge in [-0.15, -0.1) is 5.10 Å². The number of rotatable bonds is 7. The largest absolute Gasteiger partial charge is 0.452 e. The Morgan fingerprint density at radius 3 is 2.34 bits per heavy atom. The molecule has 1 N–H and O–H groups in total. The fourth-order valence-corrected chi connectivity index (χ4v) is 4.82. The number of aromatic nitrogens is 5. The van der Waals surface area contributed by atoms with E-state index in [1.165, 1.54) is 16.9 Å². The second-order valence-corrected chi connectivity index (χ2v) is 9.46. The van der Waals surface area contributed by atoms with E-state index in [0.29, 0.717) is 35.6 Å². The van der Waals surface area contributed by atoms with Crippen LogP contribution in [0.3, 0.4) is 0 Å². The normalized spacial score (nSPS) is 17.4. The quantitative estimate of drug-likeness (QED) is 0.389. The molecule has 1 aliphatic rings. The van der Waals surface area contributed by atoms with Gasteiger partial charge < -0.3 is 14.7 Å². The number of anilines is 2. The minimum absolute atomic E-state index is 0.0467. The number of tetrazole rings is 1. The molecule has 0 spiro atoms. The number of benzene rings is 1. The summed E-state index contributed by atoms with van der Waals surface area (Å²) in [7, 11) is 1.23. The Labute approximate surface area is 230 Å². The molecule has 2 unspecified atom stereocenters. The molecule has 3 aromatic rings. The van der Waals surface area contributed by atoms with Crippen molar-refractivity contribution in [2.75, 3.05) is 23.5 Å². The van der Waals surface area contributed by atoms with Gasteiger partial charge in [-0.05, 0) is 60.9 Å². The molecule has 4 rings (SSSR count). The van der Waals surface area contributed by atoms with Crippen LogP contribution in [0.5, 0.6) is 0 Å². The van der Waals surface area contributed by atoms with Gasteiger partial charge in [-0.25, -0.2) is 4.79 Å². The third-order valence-electron chi connectivity index (χ3n) is 6.70. The predicted molar refractivity (Wildman–Crippen MR) is 133 cm³/mol. The van der Waals surface area contributed by atoms with E-state index in [2.05, 4.69) is 20.4 Å². The summed E-state index contributed by atoms with van der Waals surface area (Å²) in [6.45, 7) is 2.67. The zero-order valence-corrected chi connectivity index (χ0v) is 22.2. The topological polar surface area (TPSA) is 110 Å². The first-order valence-electron chi connectivity index (χ1n) is 12.5. The molecule has 41 heavy (non-hydrogen) atoms. The van der Waals surface area contributed by atoms with Gasteiger partial charge in [0.05, 0.1) is 48.8 Å². The smallest absolute Gasteiger partial charge is 0.416 e. The van der Waals surface area contributed by atoms with Crippen LogP contribution in [0.2, 0.25) is 0 Å². The molecule has 1 aliphatic heterocycles. The number of carbonyl (C=O) groups is 1. The molecule has 222 valence electrons. The van der Waals surface area contributed by atoms with E-state index in [-0.39, 0.29) is 37.2 Å². The van der Waals surface area contributed by atoms with E-state index in [0.717, 1.165) is 4.80 Å². The number of aliphatic hydroxyl groups excluding tert-OH is 1. The van der Waals surface area contributed by atoms with Crippen LogP contribution in [0, 0.1) is 6.92 Å². The lowest BCUT2D eigenvalue weighted by Crippen LogP contribution is -2.48. The predicted octanol–water partition coefficient (Wildman–Crippen LogP) is 4.91. The highest BCUT2D eigenvalue weighted by molar-refractivity contribution is 5.90. The molecule has 0 fully saturated rings. The van der Waals surface area contributed by atoms with Gasteiger partial charge in [0.2, 0.25) is 0 Å². The molecule has 10 nitrogen and oxygen atoms in total. The molecule has 0 saturated carbocycles. The summed E-state index contributed by atoms with van der Waals surface area (Å²) >= 11 is 0. The van der Waals surface area contributed by atoms with E-state index in [4.69, 9.17) is 4.74 Å². The van der Waals surface area contributed by atoms with Gasteiger partial charge in [-0.3, -0.25) is 9.88 Å². The number of methoxy groups -OCH3 is 1. The summed E-state index contributed by atoms with van der Waals surface area (Å²) in [5, 5.41) is 21.3. The first-order chi connectivity index (χ1) is 19.3. The number of nitrogens with zero attached hydrogens (tertiary/aromatic N) is 7. The number of alkyl halides is 6. The van der Waals surface area contributed by atoms with Gasteiger partial charge >= 0.3 is 18.4 Å². The Hall–Kier alpha value is -3.95. The van der Waals surface area contributed by atoms with Gasteiger partial charge in [0.1, 0.15) is 0 Å². The number of aliphatic hydroxyl groups is 1. The van der Waals surface area contributed by atoms with Crippen molar-refractivity contribution in [3.8, 4) is 0 Å². The SMILES string of the molecule is CCC1CC(N(Cc2cc(C(F)(F)F)cc(C(F)(F)F)c2)c2nnn(CCO)n2)c2nc(C)ccc2N1C(=O)OC. The van der Waals surface area contributed by atoms with Crippen molar-refractivity contribution in [2.45, 2.75) is 64.2 Å². The fraction of sp³-hybridized carbons (Fsp3) is 0.480. The van der Waals surface area contributed by atoms with E-state index < -0.39 is 48.2 Å². The molecule has 16 heteroatoms. The molecule has 0 saturated heterocycles. The molecule has 2 atom stereocenters. The van der Waals surface area contributed by atoms with Crippen molar-refractivity contribution in [3.05, 3.63) is 58.4 Å². The van der Waals surface area contributed by atoms with Crippen LogP contribution in [0.25, 0.3) is 0 Å². The summed E-state index contributed by atoms with van der Waals surface area (Å²) in [5.41, 5.74) is -1.95. The second-order valence-electron chi connectivity index (χ2n) is 9.46. The first-order valence-corrected chi connectivity index (χ1v) is 12.5. The van der Waals surface area contributed by atoms with E-state index in [1.54, 1.807) is 19.1 Å². The first kappa shape index (κ1) is 30.0. The minimum atomic E-state index is -5.03. The highest BCUT2D eigenvalue weighted by Crippen LogP contribution is 2.43. The lowest BCUT2D eigenvalue weighted by atomic mass is 9.91. The number of aryl methyl sites for hydroxylation is 1. The number of fused-ring (bicyclic) bond motifs is 1. The number of halogens is 6. The van der Waals surface area contributed by atoms with Crippen molar-refractivity contribution in [1.82, 2.24) is 25.2 Å². The summed E-state index contributed by atoms with van der Waals surface area (Å²) in [5.74, 6) is -0.106. The van der Waals surface area contributed by atoms with Crippen LogP contribution >= 0.6 is 0 Å². The Kier molecular flexibility index (Phi) is 8.42. The van der Waals surface area contributed by atoms with Gasteiger partial charge in [-0.1, -0.05) is 12.0 Å². The summed E-state index contributed by atoms with van der Waals surface area (Å²) < 4.78 is 86.7. The van der Waals surface area contributed by atoms with Crippen LogP contribution in [-0.2, 0) is 30.2 Å². The Morgan fingerprint density at radius 2 is 1.78 bits per heavy atom. The number of hydrogen-bond donors (Lipinski definition) is 1. The molecular weight excluding hydrogens is 560 g/mol. The van der Waals surface area contributed by atoms with E-state index >= 15 is 0 Å². The van der Waals surface area contributed by atoms with Crippen LogP contribution in [-0.4, -0.2) is 56.1 Å². The maximum absolute atomic E-state index is 13.6. The molecule has 0 bridgehead atoms. The highest BCUT2D eigenvalue weighted by atomic mass is 19.4. The van der Waals surface area contributed by atoms with Crippen molar-refractivity contribution < 1.29 is 41.0 Å². The van der Waals surface area contributed by atoms with Crippen molar-refractivity contribution >= 4 is 17.7 Å². The third-order valence-corrected chi connectivity index (χ3v) is 6.70. The average molecular weight is 588 g/mol. The summed E-state index contributed by atoms with van der Waals surface area (Å²) in [6, 6.07) is 3.43. The molecule has 0 radical (unpaired) electrons. The zero-order valence-electron chi connectivity index (χ0n) is 22.2. The fourth-order valence-electron chi connectivity index (χ4n) is 4.82. The minimum Gasteiger partial charge on any atom is -0.452 e. The number of amides is 1. The standard InChI is InChI=1S/C25H27F6N7O3/c1-4-18-12-20(21-19(6-5-14(2)32-21)38(18)23(40)41-3)36(22-33-35-37(34-22)7-8-39)13-15-9-16(24(26,27)28)11-17(10-15)25(29,30)31/h5-6,9-11,18,20,39H,4,7-8,12-13H2,1-3H3. The summed E-state index contributed by atoms with van der Waals surface area (Å²) in [6.07, 6.45) is -10.1. The Balaban J connectivity index is 1.90. The summed E-state index contributed by atoms with van der Waals surface area (Å²) in [4.78, 5) is 21.3. The number of carbonyl (C=O) groups excluding carboxylic acids is 1. The molecule has 1 amide bonds. The molecular formula is C25H27F6N7O3. The van der Waals surface area contributed by atoms with Gasteiger partial charge in [0, 0.05) is 18.3 Å². The monoisotopic (exact) mass is 587 g/mol. The lowest BCUT2D eigenvalue weighted by Gasteiger charge is -2.42. The van der Waals surface area contributed by atoms with Crippen molar-refractivity contribution in [3.63, 3.8) is 0 Å². The molecule has 0 aliphatic carbocycles. The average Bonchev–Trinajstić information content (AvgIpc) is 3.38. The van der Waals surface area contributed by atoms with Crippen molar-refractivity contribution in [1.29, 1.82) is 0 Å². The van der Waals surface area contributed by atoms with Gasteiger partial charge in [0.15, 0.2) is 0 Å². The molecule has 1 aromatic carbocycles. The Morgan fingerprint density at radius 1 is 1.12 bits per heavy atom.